The van der Waals surface area contributed by atoms with Crippen LogP contribution in [0.15, 0.2) is 36.7 Å². The summed E-state index contributed by atoms with van der Waals surface area (Å²) in [7, 11) is 0. The molecule has 3 fully saturated rings. The van der Waals surface area contributed by atoms with Gasteiger partial charge in [-0.25, -0.2) is 17.6 Å². The predicted octanol–water partition coefficient (Wildman–Crippen LogP) is 5.37. The van der Waals surface area contributed by atoms with Gasteiger partial charge in [0, 0.05) is 36.2 Å². The van der Waals surface area contributed by atoms with Crippen molar-refractivity contribution in [3.8, 4) is 0 Å². The van der Waals surface area contributed by atoms with E-state index in [9.17, 15) is 22.4 Å². The second-order valence-corrected chi connectivity index (χ2v) is 14.3. The van der Waals surface area contributed by atoms with E-state index in [-0.39, 0.29) is 50.3 Å². The van der Waals surface area contributed by atoms with E-state index in [1.807, 2.05) is 12.1 Å². The Balaban J connectivity index is 0.859. The molecule has 4 aromatic rings. The highest BCUT2D eigenvalue weighted by Gasteiger charge is 2.44. The summed E-state index contributed by atoms with van der Waals surface area (Å²) in [5.41, 5.74) is 2.72. The predicted molar refractivity (Wildman–Crippen MR) is 171 cm³/mol. The summed E-state index contributed by atoms with van der Waals surface area (Å²) in [5.74, 6) is -5.08. The Morgan fingerprint density at radius 2 is 1.34 bits per heavy atom. The first-order valence-corrected chi connectivity index (χ1v) is 17.1. The van der Waals surface area contributed by atoms with Gasteiger partial charge >= 0.3 is 0 Å². The average Bonchev–Trinajstić information content (AvgIpc) is 3.70. The van der Waals surface area contributed by atoms with Gasteiger partial charge in [0.1, 0.15) is 10.0 Å². The van der Waals surface area contributed by atoms with Gasteiger partial charge in [-0.2, -0.15) is 0 Å². The van der Waals surface area contributed by atoms with Crippen LogP contribution in [0.4, 0.5) is 39.2 Å². The lowest BCUT2D eigenvalue weighted by molar-refractivity contribution is -0.115. The quantitative estimate of drug-likeness (QED) is 0.199. The van der Waals surface area contributed by atoms with Crippen molar-refractivity contribution < 1.29 is 22.4 Å². The zero-order valence-electron chi connectivity index (χ0n) is 25.2. The zero-order valence-corrected chi connectivity index (χ0v) is 26.8. The third-order valence-electron chi connectivity index (χ3n) is 8.54. The van der Waals surface area contributed by atoms with Gasteiger partial charge in [-0.3, -0.25) is 14.8 Å². The lowest BCUT2D eigenvalue weighted by Crippen LogP contribution is -2.56. The average molecular weight is 689 g/mol. The summed E-state index contributed by atoms with van der Waals surface area (Å²) in [5, 5.41) is 26.5. The molecule has 7 rings (SSSR count). The molecule has 4 aromatic heterocycles. The summed E-state index contributed by atoms with van der Waals surface area (Å²) in [4.78, 5) is 24.5. The number of rotatable bonds is 11. The summed E-state index contributed by atoms with van der Waals surface area (Å²) in [6.07, 6.45) is 7.74. The summed E-state index contributed by atoms with van der Waals surface area (Å²) in [6, 6.07) is 7.07. The van der Waals surface area contributed by atoms with Crippen molar-refractivity contribution in [2.24, 2.45) is 0 Å². The monoisotopic (exact) mass is 688 g/mol. The fourth-order valence-corrected chi connectivity index (χ4v) is 7.86. The molecule has 0 radical (unpaired) electrons. The van der Waals surface area contributed by atoms with Gasteiger partial charge in [0.2, 0.25) is 16.2 Å². The van der Waals surface area contributed by atoms with Crippen LogP contribution in [0, 0.1) is 0 Å². The largest absolute Gasteiger partial charge is 0.360 e. The minimum Gasteiger partial charge on any atom is -0.360 e. The molecule has 248 valence electrons. The third kappa shape index (κ3) is 7.61. The van der Waals surface area contributed by atoms with Gasteiger partial charge in [0.05, 0.1) is 56.4 Å². The summed E-state index contributed by atoms with van der Waals surface area (Å²) < 4.78 is 52.5. The van der Waals surface area contributed by atoms with Gasteiger partial charge < -0.3 is 20.4 Å². The molecule has 0 aromatic carbocycles. The second kappa shape index (κ2) is 12.9. The lowest BCUT2D eigenvalue weighted by Gasteiger charge is -2.40. The van der Waals surface area contributed by atoms with E-state index in [2.05, 4.69) is 41.0 Å². The van der Waals surface area contributed by atoms with Crippen LogP contribution in [0.2, 0.25) is 0 Å². The number of amides is 1. The molecule has 2 unspecified atom stereocenters. The van der Waals surface area contributed by atoms with Crippen molar-refractivity contribution in [3.63, 3.8) is 0 Å². The number of nitrogens with zero attached hydrogens (tertiary/aromatic N) is 8. The van der Waals surface area contributed by atoms with Crippen LogP contribution in [0.1, 0.15) is 58.9 Å². The molecule has 6 heterocycles. The van der Waals surface area contributed by atoms with Gasteiger partial charge in [-0.05, 0) is 43.5 Å². The number of halogens is 4. The maximum absolute atomic E-state index is 13.1. The van der Waals surface area contributed by atoms with E-state index in [1.54, 1.807) is 39.5 Å². The van der Waals surface area contributed by atoms with Crippen LogP contribution >= 0.6 is 22.7 Å². The highest BCUT2D eigenvalue weighted by Crippen LogP contribution is 2.43. The zero-order chi connectivity index (χ0) is 32.6. The number of hydrogen-bond acceptors (Lipinski definition) is 12. The van der Waals surface area contributed by atoms with Gasteiger partial charge in [0.25, 0.3) is 11.8 Å². The fourth-order valence-electron chi connectivity index (χ4n) is 6.03. The second-order valence-electron chi connectivity index (χ2n) is 12.3. The van der Waals surface area contributed by atoms with Crippen LogP contribution in [0.25, 0.3) is 0 Å². The molecule has 11 nitrogen and oxygen atoms in total. The Kier molecular flexibility index (Phi) is 8.67. The van der Waals surface area contributed by atoms with Gasteiger partial charge in [0.15, 0.2) is 0 Å². The van der Waals surface area contributed by atoms with E-state index in [4.69, 9.17) is 0 Å². The number of carbonyl (C=O) groups excluding carboxylic acids is 1. The van der Waals surface area contributed by atoms with E-state index in [1.165, 1.54) is 17.5 Å². The number of anilines is 4. The number of aromatic nitrogens is 6. The molecule has 3 aliphatic rings. The molecule has 2 aliphatic heterocycles. The standard InChI is InChI=1S/C30H32F4N10OS2/c31-29(32)14-43(15-29)22-6-4-20(36-12-22)8-9-35-27-41-39-25(46-27)18-2-1-3-19(10-18)26-40-42-28(47-26)38-24(45)11-21-5-7-23(13-37-21)44-16-30(33,34)17-44/h4-7,12-13,18-19H,1-3,8-11,14-17H2,(H,35,41)(H,38,42,45). The van der Waals surface area contributed by atoms with Crippen molar-refractivity contribution in [1.82, 2.24) is 30.4 Å². The number of alkyl halides is 4. The summed E-state index contributed by atoms with van der Waals surface area (Å²) >= 11 is 2.92. The highest BCUT2D eigenvalue weighted by molar-refractivity contribution is 7.15. The van der Waals surface area contributed by atoms with Crippen molar-refractivity contribution in [2.45, 2.75) is 62.2 Å². The lowest BCUT2D eigenvalue weighted by atomic mass is 9.82. The minimum absolute atomic E-state index is 0.0373. The first kappa shape index (κ1) is 31.6. The number of nitrogens with one attached hydrogen (secondary N) is 2. The molecular formula is C30H32F4N10OS2. The van der Waals surface area contributed by atoms with Crippen LogP contribution in [-0.4, -0.2) is 80.8 Å². The number of hydrogen-bond donors (Lipinski definition) is 2. The van der Waals surface area contributed by atoms with Crippen molar-refractivity contribution >= 4 is 50.2 Å². The molecule has 2 N–H and O–H groups in total. The Hall–Kier alpha value is -3.99. The molecule has 17 heteroatoms. The molecule has 1 amide bonds. The van der Waals surface area contributed by atoms with Crippen molar-refractivity contribution in [2.75, 3.05) is 53.2 Å². The Morgan fingerprint density at radius 3 is 1.89 bits per heavy atom. The van der Waals surface area contributed by atoms with Crippen molar-refractivity contribution in [1.29, 1.82) is 0 Å². The fraction of sp³-hybridized carbons (Fsp3) is 0.500. The maximum Gasteiger partial charge on any atom is 0.282 e. The third-order valence-corrected chi connectivity index (χ3v) is 10.6. The normalized spacial score (nSPS) is 21.5. The van der Waals surface area contributed by atoms with E-state index in [0.717, 1.165) is 46.5 Å². The first-order valence-electron chi connectivity index (χ1n) is 15.4. The highest BCUT2D eigenvalue weighted by atomic mass is 32.1. The van der Waals surface area contributed by atoms with Crippen molar-refractivity contribution in [3.05, 3.63) is 58.1 Å². The Morgan fingerprint density at radius 1 is 0.787 bits per heavy atom. The Bertz CT molecular complexity index is 1690. The molecule has 2 atom stereocenters. The number of pyridine rings is 2. The number of carbonyl (C=O) groups is 1. The topological polar surface area (TPSA) is 125 Å². The molecule has 1 aliphatic carbocycles. The molecule has 0 spiro atoms. The van der Waals surface area contributed by atoms with E-state index < -0.39 is 11.8 Å². The molecule has 2 saturated heterocycles. The van der Waals surface area contributed by atoms with Crippen LogP contribution < -0.4 is 20.4 Å². The molecule has 1 saturated carbocycles. The first-order chi connectivity index (χ1) is 22.6. The molecule has 47 heavy (non-hydrogen) atoms. The SMILES string of the molecule is O=C(Cc1ccc(N2CC(F)(F)C2)cn1)Nc1nnc(C2CCCC(c3nnc(NCCc4ccc(N5CC(F)(F)C5)cn4)s3)C2)s1. The molecule has 0 bridgehead atoms. The summed E-state index contributed by atoms with van der Waals surface area (Å²) in [6.45, 7) is -0.539. The van der Waals surface area contributed by atoms with Gasteiger partial charge in [-0.15, -0.1) is 20.4 Å². The van der Waals surface area contributed by atoms with E-state index >= 15 is 0 Å². The van der Waals surface area contributed by atoms with E-state index in [0.29, 0.717) is 35.2 Å². The van der Waals surface area contributed by atoms with Gasteiger partial charge in [-0.1, -0.05) is 29.1 Å². The molecular weight excluding hydrogens is 657 g/mol. The Labute approximate surface area is 275 Å². The minimum atomic E-state index is -2.66. The maximum atomic E-state index is 13.1. The van der Waals surface area contributed by atoms with Crippen LogP contribution in [-0.2, 0) is 17.6 Å². The smallest absolute Gasteiger partial charge is 0.282 e. The van der Waals surface area contributed by atoms with Crippen LogP contribution in [0.5, 0.6) is 0 Å². The van der Waals surface area contributed by atoms with Crippen LogP contribution in [0.3, 0.4) is 0 Å².